The lowest BCUT2D eigenvalue weighted by Gasteiger charge is -2.13. The van der Waals surface area contributed by atoms with E-state index in [1.165, 1.54) is 0 Å². The van der Waals surface area contributed by atoms with Crippen LogP contribution in [-0.4, -0.2) is 47.0 Å². The van der Waals surface area contributed by atoms with Gasteiger partial charge in [-0.1, -0.05) is 6.07 Å². The van der Waals surface area contributed by atoms with Crippen molar-refractivity contribution in [2.75, 3.05) is 37.8 Å². The van der Waals surface area contributed by atoms with Crippen LogP contribution in [0.15, 0.2) is 42.6 Å². The van der Waals surface area contributed by atoms with E-state index in [4.69, 9.17) is 0 Å². The fraction of sp³-hybridized carbons (Fsp3) is 0.250. The van der Waals surface area contributed by atoms with Crippen molar-refractivity contribution in [3.05, 3.63) is 60.0 Å². The first-order chi connectivity index (χ1) is 13.9. The number of halogens is 3. The molecular weight excluding hydrogens is 381 g/mol. The molecule has 2 N–H and O–H groups in total. The summed E-state index contributed by atoms with van der Waals surface area (Å²) in [5.74, 6) is -3.58. The van der Waals surface area contributed by atoms with Crippen molar-refractivity contribution in [3.8, 4) is 11.4 Å². The number of nitrogens with one attached hydrogen (secondary N) is 2. The van der Waals surface area contributed by atoms with Gasteiger partial charge >= 0.3 is 0 Å². The van der Waals surface area contributed by atoms with E-state index in [0.717, 1.165) is 25.1 Å². The van der Waals surface area contributed by atoms with Gasteiger partial charge < -0.3 is 15.5 Å². The molecule has 0 saturated heterocycles. The number of aromatic nitrogens is 3. The summed E-state index contributed by atoms with van der Waals surface area (Å²) in [6.07, 6.45) is 2.49. The Morgan fingerprint density at radius 1 is 0.966 bits per heavy atom. The average molecular weight is 402 g/mol. The lowest BCUT2D eigenvalue weighted by atomic mass is 10.2. The molecular formula is C20H21F3N6. The Labute approximate surface area is 166 Å². The van der Waals surface area contributed by atoms with Crippen LogP contribution in [0.4, 0.5) is 30.6 Å². The van der Waals surface area contributed by atoms with Crippen LogP contribution in [0.25, 0.3) is 11.4 Å². The molecule has 0 fully saturated rings. The molecule has 0 radical (unpaired) electrons. The number of nitrogens with zero attached hydrogens (tertiary/aromatic N) is 4. The van der Waals surface area contributed by atoms with Crippen LogP contribution < -0.4 is 10.6 Å². The fourth-order valence-corrected chi connectivity index (χ4v) is 2.59. The number of hydrogen-bond donors (Lipinski definition) is 2. The van der Waals surface area contributed by atoms with E-state index in [-0.39, 0.29) is 11.5 Å². The standard InChI is InChI=1S/C20H21F3N6/c1-29(2)11-5-10-25-20-27-16(14-6-3-4-9-24-14)12-17(28-20)26-15-8-7-13(21)18(22)19(15)23/h3-4,6-9,12H,5,10-11H2,1-2H3,(H2,25,26,27,28). The van der Waals surface area contributed by atoms with Gasteiger partial charge in [0.2, 0.25) is 5.95 Å². The molecule has 0 saturated carbocycles. The Bertz CT molecular complexity index is 966. The van der Waals surface area contributed by atoms with Crippen LogP contribution in [0.3, 0.4) is 0 Å². The highest BCUT2D eigenvalue weighted by molar-refractivity contribution is 5.65. The summed E-state index contributed by atoms with van der Waals surface area (Å²) < 4.78 is 40.8. The van der Waals surface area contributed by atoms with Gasteiger partial charge in [0.1, 0.15) is 5.82 Å². The molecule has 9 heteroatoms. The van der Waals surface area contributed by atoms with E-state index in [9.17, 15) is 13.2 Å². The molecule has 0 aliphatic heterocycles. The third kappa shape index (κ3) is 5.41. The topological polar surface area (TPSA) is 66.0 Å². The van der Waals surface area contributed by atoms with Crippen LogP contribution in [0.5, 0.6) is 0 Å². The summed E-state index contributed by atoms with van der Waals surface area (Å²) in [7, 11) is 3.97. The van der Waals surface area contributed by atoms with Crippen molar-refractivity contribution in [2.24, 2.45) is 0 Å². The average Bonchev–Trinajstić information content (AvgIpc) is 2.72. The number of pyridine rings is 1. The minimum absolute atomic E-state index is 0.223. The molecule has 0 unspecified atom stereocenters. The van der Waals surface area contributed by atoms with Gasteiger partial charge in [-0.15, -0.1) is 0 Å². The monoisotopic (exact) mass is 402 g/mol. The molecule has 152 valence electrons. The highest BCUT2D eigenvalue weighted by Crippen LogP contribution is 2.25. The number of anilines is 3. The summed E-state index contributed by atoms with van der Waals surface area (Å²) >= 11 is 0. The zero-order valence-corrected chi connectivity index (χ0v) is 16.1. The molecule has 0 aliphatic rings. The lowest BCUT2D eigenvalue weighted by molar-refractivity contribution is 0.405. The highest BCUT2D eigenvalue weighted by atomic mass is 19.2. The second-order valence-electron chi connectivity index (χ2n) is 6.61. The van der Waals surface area contributed by atoms with Gasteiger partial charge in [-0.3, -0.25) is 4.98 Å². The molecule has 2 aromatic heterocycles. The van der Waals surface area contributed by atoms with Gasteiger partial charge in [0.05, 0.1) is 17.1 Å². The van der Waals surface area contributed by atoms with E-state index in [0.29, 0.717) is 23.9 Å². The van der Waals surface area contributed by atoms with Crippen LogP contribution in [0.2, 0.25) is 0 Å². The van der Waals surface area contributed by atoms with Gasteiger partial charge in [-0.2, -0.15) is 4.98 Å². The maximum atomic E-state index is 14.0. The molecule has 2 heterocycles. The van der Waals surface area contributed by atoms with Crippen LogP contribution >= 0.6 is 0 Å². The Morgan fingerprint density at radius 2 is 1.79 bits per heavy atom. The van der Waals surface area contributed by atoms with Gasteiger partial charge in [-0.05, 0) is 51.3 Å². The Morgan fingerprint density at radius 3 is 2.52 bits per heavy atom. The van der Waals surface area contributed by atoms with Crippen molar-refractivity contribution < 1.29 is 13.2 Å². The van der Waals surface area contributed by atoms with Crippen LogP contribution in [-0.2, 0) is 0 Å². The third-order valence-corrected chi connectivity index (χ3v) is 4.02. The van der Waals surface area contributed by atoms with E-state index >= 15 is 0 Å². The van der Waals surface area contributed by atoms with E-state index < -0.39 is 17.5 Å². The van der Waals surface area contributed by atoms with Crippen molar-refractivity contribution in [3.63, 3.8) is 0 Å². The number of benzene rings is 1. The molecule has 0 spiro atoms. The molecule has 0 bridgehead atoms. The highest BCUT2D eigenvalue weighted by Gasteiger charge is 2.15. The molecule has 29 heavy (non-hydrogen) atoms. The second kappa shape index (κ2) is 9.33. The summed E-state index contributed by atoms with van der Waals surface area (Å²) in [6.45, 7) is 1.51. The van der Waals surface area contributed by atoms with Crippen molar-refractivity contribution >= 4 is 17.5 Å². The second-order valence-corrected chi connectivity index (χ2v) is 6.61. The largest absolute Gasteiger partial charge is 0.354 e. The summed E-state index contributed by atoms with van der Waals surface area (Å²) in [5, 5.41) is 5.82. The van der Waals surface area contributed by atoms with Crippen molar-refractivity contribution in [1.82, 2.24) is 19.9 Å². The quantitative estimate of drug-likeness (QED) is 0.438. The van der Waals surface area contributed by atoms with E-state index in [1.807, 2.05) is 20.2 Å². The summed E-state index contributed by atoms with van der Waals surface area (Å²) in [5.41, 5.74) is 0.870. The fourth-order valence-electron chi connectivity index (χ4n) is 2.59. The normalized spacial score (nSPS) is 11.0. The van der Waals surface area contributed by atoms with Gasteiger partial charge in [0.25, 0.3) is 0 Å². The maximum Gasteiger partial charge on any atom is 0.225 e. The first-order valence-electron chi connectivity index (χ1n) is 9.03. The predicted octanol–water partition coefficient (Wildman–Crippen LogP) is 4.06. The van der Waals surface area contributed by atoms with Crippen LogP contribution in [0, 0.1) is 17.5 Å². The first kappa shape index (κ1) is 20.5. The summed E-state index contributed by atoms with van der Waals surface area (Å²) in [6, 6.07) is 8.90. The molecule has 6 nitrogen and oxygen atoms in total. The third-order valence-electron chi connectivity index (χ3n) is 4.02. The molecule has 3 rings (SSSR count). The SMILES string of the molecule is CN(C)CCCNc1nc(Nc2ccc(F)c(F)c2F)cc(-c2ccccn2)n1. The van der Waals surface area contributed by atoms with Gasteiger partial charge in [0.15, 0.2) is 17.5 Å². The zero-order valence-electron chi connectivity index (χ0n) is 16.1. The molecule has 0 aliphatic carbocycles. The molecule has 0 atom stereocenters. The Kier molecular flexibility index (Phi) is 6.61. The number of rotatable bonds is 8. The molecule has 0 amide bonds. The van der Waals surface area contributed by atoms with E-state index in [2.05, 4.69) is 30.5 Å². The van der Waals surface area contributed by atoms with Crippen molar-refractivity contribution in [1.29, 1.82) is 0 Å². The zero-order chi connectivity index (χ0) is 20.8. The minimum Gasteiger partial charge on any atom is -0.354 e. The molecule has 1 aromatic carbocycles. The Balaban J connectivity index is 1.89. The van der Waals surface area contributed by atoms with Crippen LogP contribution in [0.1, 0.15) is 6.42 Å². The van der Waals surface area contributed by atoms with Gasteiger partial charge in [-0.25, -0.2) is 18.2 Å². The minimum atomic E-state index is -1.55. The summed E-state index contributed by atoms with van der Waals surface area (Å²) in [4.78, 5) is 15.1. The maximum absolute atomic E-state index is 14.0. The van der Waals surface area contributed by atoms with Gasteiger partial charge in [0, 0.05) is 18.8 Å². The molecule has 3 aromatic rings. The smallest absolute Gasteiger partial charge is 0.225 e. The predicted molar refractivity (Wildman–Crippen MR) is 107 cm³/mol. The Hall–Kier alpha value is -3.20. The lowest BCUT2D eigenvalue weighted by Crippen LogP contribution is -2.17. The van der Waals surface area contributed by atoms with E-state index in [1.54, 1.807) is 24.4 Å². The first-order valence-corrected chi connectivity index (χ1v) is 9.03. The number of hydrogen-bond acceptors (Lipinski definition) is 6. The van der Waals surface area contributed by atoms with Crippen molar-refractivity contribution in [2.45, 2.75) is 6.42 Å².